The Bertz CT molecular complexity index is 926. The number of ether oxygens (including phenoxy) is 1. The zero-order valence-electron chi connectivity index (χ0n) is 16.4. The summed E-state index contributed by atoms with van der Waals surface area (Å²) in [7, 11) is 0. The number of benzene rings is 2. The smallest absolute Gasteiger partial charge is 0.171 e. The Morgan fingerprint density at radius 1 is 1.11 bits per heavy atom. The van der Waals surface area contributed by atoms with Gasteiger partial charge in [-0.25, -0.2) is 0 Å². The zero-order valence-corrected chi connectivity index (χ0v) is 17.2. The van der Waals surface area contributed by atoms with Crippen molar-refractivity contribution in [1.82, 2.24) is 10.3 Å². The van der Waals surface area contributed by atoms with E-state index in [1.54, 1.807) is 6.20 Å². The van der Waals surface area contributed by atoms with E-state index >= 15 is 0 Å². The van der Waals surface area contributed by atoms with Gasteiger partial charge in [-0.15, -0.1) is 0 Å². The second-order valence-corrected chi connectivity index (χ2v) is 7.27. The molecule has 3 aromatic rings. The third-order valence-electron chi connectivity index (χ3n) is 4.49. The van der Waals surface area contributed by atoms with Gasteiger partial charge in [-0.1, -0.05) is 35.9 Å². The first-order valence-electron chi connectivity index (χ1n) is 9.27. The molecule has 0 bridgehead atoms. The highest BCUT2D eigenvalue weighted by atomic mass is 32.1. The van der Waals surface area contributed by atoms with Crippen LogP contribution in [0.25, 0.3) is 0 Å². The fourth-order valence-corrected chi connectivity index (χ4v) is 3.18. The van der Waals surface area contributed by atoms with Crippen LogP contribution in [-0.4, -0.2) is 10.1 Å². The minimum Gasteiger partial charge on any atom is -0.489 e. The van der Waals surface area contributed by atoms with Gasteiger partial charge in [-0.3, -0.25) is 4.98 Å². The number of aromatic nitrogens is 1. The molecule has 0 fully saturated rings. The first-order valence-corrected chi connectivity index (χ1v) is 9.68. The maximum absolute atomic E-state index is 5.81. The Hall–Kier alpha value is -2.92. The molecule has 2 aromatic carbocycles. The largest absolute Gasteiger partial charge is 0.489 e. The highest BCUT2D eigenvalue weighted by molar-refractivity contribution is 7.80. The Kier molecular flexibility index (Phi) is 6.61. The monoisotopic (exact) mass is 391 g/mol. The van der Waals surface area contributed by atoms with Crippen LogP contribution in [0.2, 0.25) is 0 Å². The maximum Gasteiger partial charge on any atom is 0.171 e. The molecule has 1 heterocycles. The van der Waals surface area contributed by atoms with E-state index in [0.717, 1.165) is 22.6 Å². The Labute approximate surface area is 172 Å². The van der Waals surface area contributed by atoms with Crippen LogP contribution in [0.15, 0.2) is 67.0 Å². The molecule has 1 atom stereocenters. The van der Waals surface area contributed by atoms with E-state index in [-0.39, 0.29) is 6.04 Å². The van der Waals surface area contributed by atoms with Crippen molar-refractivity contribution in [2.45, 2.75) is 33.4 Å². The van der Waals surface area contributed by atoms with Crippen LogP contribution in [0, 0.1) is 13.8 Å². The molecule has 28 heavy (non-hydrogen) atoms. The van der Waals surface area contributed by atoms with Crippen LogP contribution in [-0.2, 0) is 6.61 Å². The molecule has 5 heteroatoms. The van der Waals surface area contributed by atoms with E-state index in [2.05, 4.69) is 66.7 Å². The minimum atomic E-state index is 0.0816. The summed E-state index contributed by atoms with van der Waals surface area (Å²) in [4.78, 5) is 4.10. The summed E-state index contributed by atoms with van der Waals surface area (Å²) in [5, 5.41) is 7.22. The highest BCUT2D eigenvalue weighted by Crippen LogP contribution is 2.20. The van der Waals surface area contributed by atoms with Crippen LogP contribution in [0.4, 0.5) is 5.69 Å². The van der Waals surface area contributed by atoms with E-state index in [4.69, 9.17) is 17.0 Å². The van der Waals surface area contributed by atoms with Crippen molar-refractivity contribution < 1.29 is 4.74 Å². The Morgan fingerprint density at radius 2 is 1.89 bits per heavy atom. The first-order chi connectivity index (χ1) is 13.5. The molecule has 0 aliphatic heterocycles. The fraction of sp³-hybridized carbons (Fsp3) is 0.217. The number of nitrogens with zero attached hydrogens (tertiary/aromatic N) is 1. The van der Waals surface area contributed by atoms with E-state index in [9.17, 15) is 0 Å². The molecule has 0 saturated heterocycles. The van der Waals surface area contributed by atoms with Gasteiger partial charge in [-0.05, 0) is 68.4 Å². The normalized spacial score (nSPS) is 11.5. The lowest BCUT2D eigenvalue weighted by atomic mass is 10.1. The van der Waals surface area contributed by atoms with E-state index in [0.29, 0.717) is 11.7 Å². The van der Waals surface area contributed by atoms with Crippen molar-refractivity contribution in [2.75, 3.05) is 5.32 Å². The first kappa shape index (κ1) is 19.8. The molecule has 1 unspecified atom stereocenters. The lowest BCUT2D eigenvalue weighted by Gasteiger charge is -2.19. The van der Waals surface area contributed by atoms with E-state index in [1.165, 1.54) is 11.1 Å². The van der Waals surface area contributed by atoms with Gasteiger partial charge in [-0.2, -0.15) is 0 Å². The lowest BCUT2D eigenvalue weighted by Crippen LogP contribution is -2.31. The van der Waals surface area contributed by atoms with Crippen molar-refractivity contribution in [3.05, 3.63) is 89.2 Å². The molecule has 4 nitrogen and oxygen atoms in total. The standard InChI is InChI=1S/C23H25N3OS/c1-16-6-11-22(17(2)13-16)26-23(28)25-18(3)20-7-9-21(10-8-20)27-15-19-5-4-12-24-14-19/h4-14,18H,15H2,1-3H3,(H2,25,26,28). The predicted molar refractivity (Wildman–Crippen MR) is 119 cm³/mol. The number of anilines is 1. The maximum atomic E-state index is 5.81. The van der Waals surface area contributed by atoms with Gasteiger partial charge in [0, 0.05) is 23.6 Å². The van der Waals surface area contributed by atoms with Crippen molar-refractivity contribution >= 4 is 23.0 Å². The van der Waals surface area contributed by atoms with Gasteiger partial charge in [0.1, 0.15) is 12.4 Å². The summed E-state index contributed by atoms with van der Waals surface area (Å²) >= 11 is 5.47. The topological polar surface area (TPSA) is 46.2 Å². The zero-order chi connectivity index (χ0) is 19.9. The van der Waals surface area contributed by atoms with Gasteiger partial charge in [0.2, 0.25) is 0 Å². The molecule has 144 valence electrons. The molecule has 2 N–H and O–H groups in total. The average molecular weight is 392 g/mol. The summed E-state index contributed by atoms with van der Waals surface area (Å²) in [6.45, 7) is 6.75. The molecule has 0 spiro atoms. The van der Waals surface area contributed by atoms with Gasteiger partial charge >= 0.3 is 0 Å². The summed E-state index contributed by atoms with van der Waals surface area (Å²) in [6.07, 6.45) is 3.57. The molecule has 0 aliphatic rings. The van der Waals surface area contributed by atoms with E-state index < -0.39 is 0 Å². The van der Waals surface area contributed by atoms with E-state index in [1.807, 2.05) is 30.5 Å². The second kappa shape index (κ2) is 9.33. The predicted octanol–water partition coefficient (Wildman–Crippen LogP) is 5.33. The van der Waals surface area contributed by atoms with Crippen LogP contribution < -0.4 is 15.4 Å². The number of hydrogen-bond acceptors (Lipinski definition) is 3. The molecule has 0 aliphatic carbocycles. The van der Waals surface area contributed by atoms with Crippen molar-refractivity contribution in [1.29, 1.82) is 0 Å². The number of nitrogens with one attached hydrogen (secondary N) is 2. The molecular weight excluding hydrogens is 366 g/mol. The van der Waals surface area contributed by atoms with Gasteiger partial charge in [0.05, 0.1) is 6.04 Å². The summed E-state index contributed by atoms with van der Waals surface area (Å²) in [5.41, 5.74) is 5.62. The van der Waals surface area contributed by atoms with Crippen molar-refractivity contribution in [3.63, 3.8) is 0 Å². The number of pyridine rings is 1. The van der Waals surface area contributed by atoms with Crippen LogP contribution in [0.1, 0.15) is 35.2 Å². The molecular formula is C23H25N3OS. The average Bonchev–Trinajstić information content (AvgIpc) is 2.69. The third-order valence-corrected chi connectivity index (χ3v) is 4.71. The van der Waals surface area contributed by atoms with Crippen molar-refractivity contribution in [3.8, 4) is 5.75 Å². The second-order valence-electron chi connectivity index (χ2n) is 6.86. The molecule has 0 radical (unpaired) electrons. The quantitative estimate of drug-likeness (QED) is 0.557. The number of hydrogen-bond donors (Lipinski definition) is 2. The minimum absolute atomic E-state index is 0.0816. The number of rotatable bonds is 6. The van der Waals surface area contributed by atoms with Crippen molar-refractivity contribution in [2.24, 2.45) is 0 Å². The fourth-order valence-electron chi connectivity index (χ4n) is 2.90. The van der Waals surface area contributed by atoms with Gasteiger partial charge in [0.25, 0.3) is 0 Å². The molecule has 0 amide bonds. The third kappa shape index (κ3) is 5.54. The SMILES string of the molecule is Cc1ccc(NC(=S)NC(C)c2ccc(OCc3cccnc3)cc2)c(C)c1. The summed E-state index contributed by atoms with van der Waals surface area (Å²) in [5.74, 6) is 0.829. The lowest BCUT2D eigenvalue weighted by molar-refractivity contribution is 0.305. The van der Waals surface area contributed by atoms with Gasteiger partial charge in [0.15, 0.2) is 5.11 Å². The summed E-state index contributed by atoms with van der Waals surface area (Å²) < 4.78 is 5.81. The highest BCUT2D eigenvalue weighted by Gasteiger charge is 2.08. The molecule has 3 rings (SSSR count). The van der Waals surface area contributed by atoms with Crippen LogP contribution in [0.5, 0.6) is 5.75 Å². The Balaban J connectivity index is 1.53. The molecule has 0 saturated carbocycles. The molecule has 1 aromatic heterocycles. The summed E-state index contributed by atoms with van der Waals surface area (Å²) in [6, 6.07) is 18.3. The number of thiocarbonyl (C=S) groups is 1. The van der Waals surface area contributed by atoms with Gasteiger partial charge < -0.3 is 15.4 Å². The number of aryl methyl sites for hydroxylation is 2. The van der Waals surface area contributed by atoms with Crippen LogP contribution in [0.3, 0.4) is 0 Å². The Morgan fingerprint density at radius 3 is 2.57 bits per heavy atom. The van der Waals surface area contributed by atoms with Crippen LogP contribution >= 0.6 is 12.2 Å².